The fraction of sp³-hybridized carbons (Fsp3) is 0.467. The van der Waals surface area contributed by atoms with E-state index in [0.29, 0.717) is 16.8 Å². The van der Waals surface area contributed by atoms with Gasteiger partial charge in [0.15, 0.2) is 5.69 Å². The van der Waals surface area contributed by atoms with Crippen LogP contribution in [0, 0.1) is 5.41 Å². The predicted octanol–water partition coefficient (Wildman–Crippen LogP) is 1.96. The molecule has 0 aromatic carbocycles. The van der Waals surface area contributed by atoms with E-state index in [2.05, 4.69) is 15.3 Å². The zero-order chi connectivity index (χ0) is 16.9. The zero-order valence-electron chi connectivity index (χ0n) is 12.7. The lowest BCUT2D eigenvalue weighted by molar-refractivity contribution is 0.0690. The highest BCUT2D eigenvalue weighted by atomic mass is 19.3. The maximum Gasteiger partial charge on any atom is 0.358 e. The lowest BCUT2D eigenvalue weighted by atomic mass is 9.97. The molecule has 0 radical (unpaired) electrons. The Hall–Kier alpha value is -2.58. The molecule has 24 heavy (non-hydrogen) atoms. The van der Waals surface area contributed by atoms with Crippen LogP contribution in [0.2, 0.25) is 0 Å². The average molecular weight is 335 g/mol. The van der Waals surface area contributed by atoms with Gasteiger partial charge in [-0.1, -0.05) is 11.3 Å². The second-order valence-corrected chi connectivity index (χ2v) is 6.48. The van der Waals surface area contributed by atoms with E-state index in [1.165, 1.54) is 23.7 Å². The first kappa shape index (κ1) is 15.0. The summed E-state index contributed by atoms with van der Waals surface area (Å²) in [6.07, 6.45) is 0.916. The summed E-state index contributed by atoms with van der Waals surface area (Å²) in [7, 11) is 0. The summed E-state index contributed by atoms with van der Waals surface area (Å²) >= 11 is 0. The van der Waals surface area contributed by atoms with Crippen LogP contribution < -0.4 is 4.90 Å². The third kappa shape index (κ3) is 2.59. The molecule has 126 valence electrons. The predicted molar refractivity (Wildman–Crippen MR) is 79.2 cm³/mol. The van der Waals surface area contributed by atoms with E-state index < -0.39 is 12.4 Å². The van der Waals surface area contributed by atoms with Gasteiger partial charge in [-0.25, -0.2) is 23.2 Å². The van der Waals surface area contributed by atoms with Gasteiger partial charge in [0.25, 0.3) is 6.43 Å². The van der Waals surface area contributed by atoms with Gasteiger partial charge in [0.2, 0.25) is 0 Å². The molecule has 4 rings (SSSR count). The number of carboxylic acid groups (broad SMARTS) is 1. The van der Waals surface area contributed by atoms with Gasteiger partial charge in [0.1, 0.15) is 11.5 Å². The molecule has 1 aliphatic carbocycles. The van der Waals surface area contributed by atoms with Crippen LogP contribution in [0.25, 0.3) is 0 Å². The number of pyridine rings is 1. The molecular weight excluding hydrogens is 320 g/mol. The molecule has 1 saturated heterocycles. The normalized spacial score (nSPS) is 18.0. The Balaban J connectivity index is 1.56. The van der Waals surface area contributed by atoms with Crippen LogP contribution in [0.4, 0.5) is 14.6 Å². The highest BCUT2D eigenvalue weighted by Gasteiger charge is 2.52. The Kier molecular flexibility index (Phi) is 3.26. The molecule has 1 spiro atoms. The highest BCUT2D eigenvalue weighted by molar-refractivity contribution is 5.84. The van der Waals surface area contributed by atoms with Crippen molar-refractivity contribution in [3.8, 4) is 0 Å². The Bertz CT molecular complexity index is 795. The van der Waals surface area contributed by atoms with Gasteiger partial charge < -0.3 is 10.0 Å². The molecular formula is C15H15F2N5O2. The van der Waals surface area contributed by atoms with Crippen LogP contribution >= 0.6 is 0 Å². The van der Waals surface area contributed by atoms with Gasteiger partial charge >= 0.3 is 5.97 Å². The minimum atomic E-state index is -2.71. The Morgan fingerprint density at radius 3 is 2.67 bits per heavy atom. The van der Waals surface area contributed by atoms with Crippen LogP contribution in [0.1, 0.15) is 41.0 Å². The Morgan fingerprint density at radius 1 is 1.33 bits per heavy atom. The van der Waals surface area contributed by atoms with E-state index >= 15 is 0 Å². The Labute approximate surface area is 135 Å². The quantitative estimate of drug-likeness (QED) is 0.899. The molecule has 1 saturated carbocycles. The third-order valence-electron chi connectivity index (χ3n) is 4.63. The number of halogens is 2. The second kappa shape index (κ2) is 5.22. The van der Waals surface area contributed by atoms with Crippen LogP contribution in [0.3, 0.4) is 0 Å². The first-order valence-electron chi connectivity index (χ1n) is 7.62. The Morgan fingerprint density at radius 2 is 2.08 bits per heavy atom. The number of carboxylic acids is 1. The van der Waals surface area contributed by atoms with E-state index in [4.69, 9.17) is 5.11 Å². The molecule has 9 heteroatoms. The van der Waals surface area contributed by atoms with Crippen molar-refractivity contribution in [3.05, 3.63) is 35.3 Å². The van der Waals surface area contributed by atoms with Crippen molar-refractivity contribution in [2.75, 3.05) is 18.0 Å². The van der Waals surface area contributed by atoms with Crippen LogP contribution in [0.15, 0.2) is 18.3 Å². The summed E-state index contributed by atoms with van der Waals surface area (Å²) in [5, 5.41) is 16.0. The van der Waals surface area contributed by atoms with E-state index in [9.17, 15) is 13.6 Å². The second-order valence-electron chi connectivity index (χ2n) is 6.48. The molecule has 0 atom stereocenters. The number of alkyl halides is 2. The minimum Gasteiger partial charge on any atom is -0.476 e. The highest BCUT2D eigenvalue weighted by Crippen LogP contribution is 2.53. The van der Waals surface area contributed by atoms with Crippen LogP contribution in [0.5, 0.6) is 0 Å². The monoisotopic (exact) mass is 335 g/mol. The first-order chi connectivity index (χ1) is 11.5. The molecule has 7 nitrogen and oxygen atoms in total. The summed E-state index contributed by atoms with van der Waals surface area (Å²) < 4.78 is 28.0. The number of nitrogens with zero attached hydrogens (tertiary/aromatic N) is 5. The fourth-order valence-corrected chi connectivity index (χ4v) is 3.06. The molecule has 0 unspecified atom stereocenters. The number of hydrogen-bond acceptors (Lipinski definition) is 5. The molecule has 1 N–H and O–H groups in total. The van der Waals surface area contributed by atoms with E-state index in [1.54, 1.807) is 12.1 Å². The third-order valence-corrected chi connectivity index (χ3v) is 4.63. The number of aromatic nitrogens is 4. The van der Waals surface area contributed by atoms with Gasteiger partial charge in [0.05, 0.1) is 12.7 Å². The lowest BCUT2D eigenvalue weighted by Crippen LogP contribution is -2.49. The largest absolute Gasteiger partial charge is 0.476 e. The van der Waals surface area contributed by atoms with Crippen LogP contribution in [-0.2, 0) is 6.54 Å². The topological polar surface area (TPSA) is 84.1 Å². The van der Waals surface area contributed by atoms with Gasteiger partial charge in [-0.15, -0.1) is 5.10 Å². The van der Waals surface area contributed by atoms with Gasteiger partial charge in [-0.05, 0) is 18.9 Å². The average Bonchev–Trinajstić information content (AvgIpc) is 3.18. The SMILES string of the molecule is O=C(O)c1cn(Cc2ccc(N3CC4(CC4)C3)nc2C(F)F)nn1. The van der Waals surface area contributed by atoms with Crippen molar-refractivity contribution in [2.45, 2.75) is 25.8 Å². The number of carbonyl (C=O) groups is 1. The molecule has 0 bridgehead atoms. The van der Waals surface area contributed by atoms with Crippen molar-refractivity contribution in [1.82, 2.24) is 20.0 Å². The van der Waals surface area contributed by atoms with Crippen molar-refractivity contribution < 1.29 is 18.7 Å². The minimum absolute atomic E-state index is 0.00281. The lowest BCUT2D eigenvalue weighted by Gasteiger charge is -2.41. The summed E-state index contributed by atoms with van der Waals surface area (Å²) in [6, 6.07) is 3.33. The maximum absolute atomic E-state index is 13.4. The number of hydrogen-bond donors (Lipinski definition) is 1. The summed E-state index contributed by atoms with van der Waals surface area (Å²) in [5.74, 6) is -0.646. The number of aromatic carboxylic acids is 1. The van der Waals surface area contributed by atoms with E-state index in [-0.39, 0.29) is 17.9 Å². The summed E-state index contributed by atoms with van der Waals surface area (Å²) in [4.78, 5) is 16.9. The van der Waals surface area contributed by atoms with E-state index in [0.717, 1.165) is 13.1 Å². The fourth-order valence-electron chi connectivity index (χ4n) is 3.06. The van der Waals surface area contributed by atoms with Gasteiger partial charge in [0, 0.05) is 24.1 Å². The standard InChI is InChI=1S/C15H15F2N5O2/c16-13(17)12-9(5-22-6-10(14(23)24)19-20-22)1-2-11(18-12)21-7-15(8-21)3-4-15/h1-2,6,13H,3-5,7-8H2,(H,23,24). The molecule has 2 aromatic rings. The van der Waals surface area contributed by atoms with Gasteiger partial charge in [-0.2, -0.15) is 0 Å². The molecule has 3 heterocycles. The molecule has 0 amide bonds. The number of rotatable bonds is 5. The zero-order valence-corrected chi connectivity index (χ0v) is 12.7. The van der Waals surface area contributed by atoms with Crippen molar-refractivity contribution in [2.24, 2.45) is 5.41 Å². The van der Waals surface area contributed by atoms with Gasteiger partial charge in [-0.3, -0.25) is 0 Å². The summed E-state index contributed by atoms with van der Waals surface area (Å²) in [6.45, 7) is 1.76. The molecule has 2 aliphatic rings. The van der Waals surface area contributed by atoms with Crippen molar-refractivity contribution in [1.29, 1.82) is 0 Å². The van der Waals surface area contributed by atoms with E-state index in [1.807, 2.05) is 4.90 Å². The van der Waals surface area contributed by atoms with Crippen molar-refractivity contribution >= 4 is 11.8 Å². The first-order valence-corrected chi connectivity index (χ1v) is 7.62. The number of anilines is 1. The van der Waals surface area contributed by atoms with Crippen molar-refractivity contribution in [3.63, 3.8) is 0 Å². The molecule has 2 fully saturated rings. The maximum atomic E-state index is 13.4. The molecule has 1 aliphatic heterocycles. The summed E-state index contributed by atoms with van der Waals surface area (Å²) in [5.41, 5.74) is 0.196. The smallest absolute Gasteiger partial charge is 0.358 e. The molecule has 2 aromatic heterocycles. The van der Waals surface area contributed by atoms with Crippen LogP contribution in [-0.4, -0.2) is 44.1 Å².